The van der Waals surface area contributed by atoms with Gasteiger partial charge in [0.05, 0.1) is 24.1 Å². The monoisotopic (exact) mass is 255 g/mol. The van der Waals surface area contributed by atoms with Gasteiger partial charge in [0.15, 0.2) is 0 Å². The van der Waals surface area contributed by atoms with Crippen molar-refractivity contribution < 1.29 is 18.3 Å². The van der Waals surface area contributed by atoms with E-state index in [0.717, 1.165) is 10.6 Å². The van der Waals surface area contributed by atoms with E-state index in [1.807, 2.05) is 0 Å². The second-order valence-electron chi connectivity index (χ2n) is 3.41. The Morgan fingerprint density at radius 2 is 2.06 bits per heavy atom. The maximum absolute atomic E-state index is 11.6. The lowest BCUT2D eigenvalue weighted by Crippen LogP contribution is -2.31. The number of anilines is 1. The summed E-state index contributed by atoms with van der Waals surface area (Å²) in [5.74, 6) is -1.17. The Morgan fingerprint density at radius 3 is 2.53 bits per heavy atom. The highest BCUT2D eigenvalue weighted by Gasteiger charge is 2.21. The van der Waals surface area contributed by atoms with Crippen molar-refractivity contribution in [2.75, 3.05) is 17.1 Å². The standard InChI is InChI=1S/C11H13NO4S/c1-3-8-12(17(2,15)16)10-7-5-4-6-9(10)11(13)14/h3-7H,1,8H2,2H3,(H,13,14). The van der Waals surface area contributed by atoms with E-state index in [4.69, 9.17) is 5.11 Å². The largest absolute Gasteiger partial charge is 0.478 e. The van der Waals surface area contributed by atoms with Crippen molar-refractivity contribution in [3.8, 4) is 0 Å². The van der Waals surface area contributed by atoms with Crippen LogP contribution in [0.25, 0.3) is 0 Å². The molecular weight excluding hydrogens is 242 g/mol. The van der Waals surface area contributed by atoms with Gasteiger partial charge in [0, 0.05) is 0 Å². The van der Waals surface area contributed by atoms with Crippen LogP contribution in [0.5, 0.6) is 0 Å². The molecule has 1 aromatic rings. The Labute approximate surface area is 100 Å². The lowest BCUT2D eigenvalue weighted by Gasteiger charge is -2.22. The first kappa shape index (κ1) is 13.2. The zero-order valence-electron chi connectivity index (χ0n) is 9.33. The summed E-state index contributed by atoms with van der Waals surface area (Å²) in [4.78, 5) is 11.0. The van der Waals surface area contributed by atoms with Crippen LogP contribution in [-0.4, -0.2) is 32.3 Å². The number of rotatable bonds is 5. The fourth-order valence-electron chi connectivity index (χ4n) is 1.40. The first-order valence-corrected chi connectivity index (χ1v) is 6.63. The van der Waals surface area contributed by atoms with Gasteiger partial charge in [-0.05, 0) is 12.1 Å². The van der Waals surface area contributed by atoms with E-state index in [9.17, 15) is 13.2 Å². The Balaban J connectivity index is 3.38. The summed E-state index contributed by atoms with van der Waals surface area (Å²) in [5, 5.41) is 9.00. The van der Waals surface area contributed by atoms with Gasteiger partial charge in [-0.25, -0.2) is 13.2 Å². The Bertz CT molecular complexity index is 536. The minimum atomic E-state index is -3.54. The summed E-state index contributed by atoms with van der Waals surface area (Å²) in [6.45, 7) is 3.49. The van der Waals surface area contributed by atoms with E-state index in [-0.39, 0.29) is 17.8 Å². The Morgan fingerprint density at radius 1 is 1.47 bits per heavy atom. The summed E-state index contributed by atoms with van der Waals surface area (Å²) < 4.78 is 24.2. The van der Waals surface area contributed by atoms with E-state index in [1.54, 1.807) is 12.1 Å². The molecule has 6 heteroatoms. The average molecular weight is 255 g/mol. The molecule has 5 nitrogen and oxygen atoms in total. The molecule has 0 saturated carbocycles. The number of nitrogens with zero attached hydrogens (tertiary/aromatic N) is 1. The molecule has 0 bridgehead atoms. The molecule has 1 aromatic carbocycles. The molecule has 0 radical (unpaired) electrons. The van der Waals surface area contributed by atoms with Gasteiger partial charge >= 0.3 is 5.97 Å². The third-order valence-electron chi connectivity index (χ3n) is 2.10. The van der Waals surface area contributed by atoms with Crippen LogP contribution in [0.4, 0.5) is 5.69 Å². The maximum atomic E-state index is 11.6. The summed E-state index contributed by atoms with van der Waals surface area (Å²) in [5.41, 5.74) is 0.0853. The molecule has 0 aliphatic rings. The number of hydrogen-bond acceptors (Lipinski definition) is 3. The van der Waals surface area contributed by atoms with Crippen molar-refractivity contribution in [1.29, 1.82) is 0 Å². The molecule has 0 fully saturated rings. The number of sulfonamides is 1. The summed E-state index contributed by atoms with van der Waals surface area (Å²) in [6.07, 6.45) is 2.43. The number of hydrogen-bond donors (Lipinski definition) is 1. The van der Waals surface area contributed by atoms with E-state index in [0.29, 0.717) is 0 Å². The van der Waals surface area contributed by atoms with E-state index in [2.05, 4.69) is 6.58 Å². The lowest BCUT2D eigenvalue weighted by molar-refractivity contribution is 0.0698. The Hall–Kier alpha value is -1.82. The van der Waals surface area contributed by atoms with Crippen LogP contribution in [0.3, 0.4) is 0 Å². The predicted molar refractivity (Wildman–Crippen MR) is 65.8 cm³/mol. The zero-order chi connectivity index (χ0) is 13.1. The summed E-state index contributed by atoms with van der Waals surface area (Å²) >= 11 is 0. The van der Waals surface area contributed by atoms with Crippen LogP contribution in [-0.2, 0) is 10.0 Å². The Kier molecular flexibility index (Phi) is 3.90. The molecular formula is C11H13NO4S. The van der Waals surface area contributed by atoms with Gasteiger partial charge in [-0.15, -0.1) is 6.58 Å². The average Bonchev–Trinajstić information content (AvgIpc) is 2.24. The highest BCUT2D eigenvalue weighted by Crippen LogP contribution is 2.22. The summed E-state index contributed by atoms with van der Waals surface area (Å²) in [6, 6.07) is 5.94. The van der Waals surface area contributed by atoms with E-state index >= 15 is 0 Å². The van der Waals surface area contributed by atoms with Crippen LogP contribution in [0.1, 0.15) is 10.4 Å². The number of benzene rings is 1. The normalized spacial score (nSPS) is 10.9. The molecule has 1 rings (SSSR count). The molecule has 0 atom stereocenters. The van der Waals surface area contributed by atoms with Crippen molar-refractivity contribution in [2.24, 2.45) is 0 Å². The lowest BCUT2D eigenvalue weighted by atomic mass is 10.2. The van der Waals surface area contributed by atoms with Crippen molar-refractivity contribution >= 4 is 21.7 Å². The van der Waals surface area contributed by atoms with E-state index < -0.39 is 16.0 Å². The minimum Gasteiger partial charge on any atom is -0.478 e. The maximum Gasteiger partial charge on any atom is 0.337 e. The van der Waals surface area contributed by atoms with Crippen LogP contribution >= 0.6 is 0 Å². The quantitative estimate of drug-likeness (QED) is 0.806. The number of carbonyl (C=O) groups is 1. The third kappa shape index (κ3) is 3.07. The van der Waals surface area contributed by atoms with Crippen LogP contribution in [0.15, 0.2) is 36.9 Å². The molecule has 0 aliphatic carbocycles. The highest BCUT2D eigenvalue weighted by molar-refractivity contribution is 7.92. The first-order valence-electron chi connectivity index (χ1n) is 4.79. The van der Waals surface area contributed by atoms with Crippen LogP contribution in [0, 0.1) is 0 Å². The van der Waals surface area contributed by atoms with Crippen molar-refractivity contribution in [3.63, 3.8) is 0 Å². The second-order valence-corrected chi connectivity index (χ2v) is 5.31. The SMILES string of the molecule is C=CCN(c1ccccc1C(=O)O)S(C)(=O)=O. The molecule has 0 aliphatic heterocycles. The van der Waals surface area contributed by atoms with Gasteiger partial charge in [0.2, 0.25) is 10.0 Å². The molecule has 0 saturated heterocycles. The van der Waals surface area contributed by atoms with Crippen LogP contribution < -0.4 is 4.31 Å². The fraction of sp³-hybridized carbons (Fsp3) is 0.182. The molecule has 92 valence electrons. The molecule has 0 amide bonds. The molecule has 0 heterocycles. The third-order valence-corrected chi connectivity index (χ3v) is 3.24. The minimum absolute atomic E-state index is 0.0309. The van der Waals surface area contributed by atoms with Crippen LogP contribution in [0.2, 0.25) is 0 Å². The van der Waals surface area contributed by atoms with Crippen molar-refractivity contribution in [1.82, 2.24) is 0 Å². The number of carboxylic acid groups (broad SMARTS) is 1. The van der Waals surface area contributed by atoms with Crippen molar-refractivity contribution in [2.45, 2.75) is 0 Å². The predicted octanol–water partition coefficient (Wildman–Crippen LogP) is 1.34. The smallest absolute Gasteiger partial charge is 0.337 e. The van der Waals surface area contributed by atoms with Gasteiger partial charge < -0.3 is 5.11 Å². The molecule has 1 N–H and O–H groups in total. The fourth-order valence-corrected chi connectivity index (χ4v) is 2.29. The summed E-state index contributed by atoms with van der Waals surface area (Å²) in [7, 11) is -3.54. The number of carboxylic acids is 1. The molecule has 0 aromatic heterocycles. The zero-order valence-corrected chi connectivity index (χ0v) is 10.1. The van der Waals surface area contributed by atoms with Gasteiger partial charge in [-0.2, -0.15) is 0 Å². The van der Waals surface area contributed by atoms with Gasteiger partial charge in [0.1, 0.15) is 0 Å². The van der Waals surface area contributed by atoms with Crippen molar-refractivity contribution in [3.05, 3.63) is 42.5 Å². The van der Waals surface area contributed by atoms with Gasteiger partial charge in [-0.3, -0.25) is 4.31 Å². The van der Waals surface area contributed by atoms with E-state index in [1.165, 1.54) is 18.2 Å². The van der Waals surface area contributed by atoms with Gasteiger partial charge in [0.25, 0.3) is 0 Å². The molecule has 0 unspecified atom stereocenters. The number of aromatic carboxylic acids is 1. The molecule has 17 heavy (non-hydrogen) atoms. The van der Waals surface area contributed by atoms with Gasteiger partial charge in [-0.1, -0.05) is 18.2 Å². The second kappa shape index (κ2) is 5.01. The number of para-hydroxylation sites is 1. The first-order chi connectivity index (χ1) is 7.88. The molecule has 0 spiro atoms. The topological polar surface area (TPSA) is 74.7 Å². The highest BCUT2D eigenvalue weighted by atomic mass is 32.2.